The van der Waals surface area contributed by atoms with E-state index in [0.717, 1.165) is 31.5 Å². The van der Waals surface area contributed by atoms with Crippen molar-refractivity contribution in [2.75, 3.05) is 6.54 Å². The molecule has 0 fully saturated rings. The molecule has 0 saturated carbocycles. The predicted octanol–water partition coefficient (Wildman–Crippen LogP) is 3.56. The van der Waals surface area contributed by atoms with Crippen LogP contribution in [0.1, 0.15) is 50.4 Å². The van der Waals surface area contributed by atoms with Crippen LogP contribution in [-0.2, 0) is 6.42 Å². The number of nitrogens with zero attached hydrogens (tertiary/aromatic N) is 2. The van der Waals surface area contributed by atoms with Gasteiger partial charge in [-0.3, -0.25) is 15.1 Å². The third-order valence-electron chi connectivity index (χ3n) is 3.74. The molecule has 0 saturated heterocycles. The molecule has 0 bridgehead atoms. The molecule has 0 aliphatic carbocycles. The van der Waals surface area contributed by atoms with Crippen LogP contribution in [0.15, 0.2) is 6.20 Å². The molecule has 5 nitrogen and oxygen atoms in total. The van der Waals surface area contributed by atoms with Crippen molar-refractivity contribution in [3.63, 3.8) is 0 Å². The Kier molecular flexibility index (Phi) is 6.75. The molecule has 1 rings (SSSR count). The van der Waals surface area contributed by atoms with E-state index in [1.165, 1.54) is 0 Å². The van der Waals surface area contributed by atoms with Crippen molar-refractivity contribution in [1.82, 2.24) is 10.3 Å². The summed E-state index contributed by atoms with van der Waals surface area (Å²) < 4.78 is 0. The van der Waals surface area contributed by atoms with Gasteiger partial charge in [0.15, 0.2) is 0 Å². The minimum absolute atomic E-state index is 0.212. The quantitative estimate of drug-likeness (QED) is 0.588. The summed E-state index contributed by atoms with van der Waals surface area (Å²) >= 11 is 0. The monoisotopic (exact) mass is 293 g/mol. The highest BCUT2D eigenvalue weighted by Gasteiger charge is 2.19. The Hall–Kier alpha value is -1.49. The van der Waals surface area contributed by atoms with Gasteiger partial charge in [0.25, 0.3) is 5.69 Å². The van der Waals surface area contributed by atoms with Crippen LogP contribution in [0.2, 0.25) is 0 Å². The fourth-order valence-electron chi connectivity index (χ4n) is 2.77. The summed E-state index contributed by atoms with van der Waals surface area (Å²) in [4.78, 5) is 15.2. The normalized spacial score (nSPS) is 12.7. The van der Waals surface area contributed by atoms with Crippen LogP contribution < -0.4 is 5.32 Å². The third kappa shape index (κ3) is 5.08. The number of pyridine rings is 1. The molecule has 0 aromatic carbocycles. The van der Waals surface area contributed by atoms with Crippen LogP contribution in [0.4, 0.5) is 5.69 Å². The molecule has 1 N–H and O–H groups in total. The van der Waals surface area contributed by atoms with Crippen molar-refractivity contribution in [3.05, 3.63) is 33.1 Å². The summed E-state index contributed by atoms with van der Waals surface area (Å²) in [5.41, 5.74) is 2.40. The number of nitro groups is 1. The molecular weight excluding hydrogens is 266 g/mol. The second-order valence-electron chi connectivity index (χ2n) is 6.04. The highest BCUT2D eigenvalue weighted by Crippen LogP contribution is 2.25. The van der Waals surface area contributed by atoms with Crippen molar-refractivity contribution in [2.45, 2.75) is 59.9 Å². The zero-order valence-electron chi connectivity index (χ0n) is 13.8. The lowest BCUT2D eigenvalue weighted by Gasteiger charge is -2.20. The van der Waals surface area contributed by atoms with E-state index in [-0.39, 0.29) is 10.6 Å². The fourth-order valence-corrected chi connectivity index (χ4v) is 2.77. The van der Waals surface area contributed by atoms with Crippen LogP contribution in [0.5, 0.6) is 0 Å². The van der Waals surface area contributed by atoms with E-state index >= 15 is 0 Å². The molecule has 118 valence electrons. The topological polar surface area (TPSA) is 68.1 Å². The summed E-state index contributed by atoms with van der Waals surface area (Å²) in [6, 6.07) is 0.441. The Morgan fingerprint density at radius 3 is 2.57 bits per heavy atom. The van der Waals surface area contributed by atoms with Gasteiger partial charge in [0, 0.05) is 23.4 Å². The van der Waals surface area contributed by atoms with Gasteiger partial charge < -0.3 is 5.32 Å². The Morgan fingerprint density at radius 1 is 1.38 bits per heavy atom. The Labute approximate surface area is 127 Å². The lowest BCUT2D eigenvalue weighted by atomic mass is 9.97. The van der Waals surface area contributed by atoms with Crippen molar-refractivity contribution in [1.29, 1.82) is 0 Å². The zero-order chi connectivity index (χ0) is 16.0. The van der Waals surface area contributed by atoms with Gasteiger partial charge in [-0.25, -0.2) is 0 Å². The summed E-state index contributed by atoms with van der Waals surface area (Å²) in [5.74, 6) is 0.635. The van der Waals surface area contributed by atoms with Crippen LogP contribution in [0.25, 0.3) is 0 Å². The van der Waals surface area contributed by atoms with E-state index in [1.54, 1.807) is 20.0 Å². The van der Waals surface area contributed by atoms with Crippen LogP contribution >= 0.6 is 0 Å². The fraction of sp³-hybridized carbons (Fsp3) is 0.688. The number of aryl methyl sites for hydroxylation is 2. The van der Waals surface area contributed by atoms with E-state index < -0.39 is 0 Å². The molecule has 5 heteroatoms. The van der Waals surface area contributed by atoms with Gasteiger partial charge in [-0.15, -0.1) is 0 Å². The minimum Gasteiger partial charge on any atom is -0.314 e. The average molecular weight is 293 g/mol. The number of nitrogens with one attached hydrogen (secondary N) is 1. The summed E-state index contributed by atoms with van der Waals surface area (Å²) in [7, 11) is 0. The second-order valence-corrected chi connectivity index (χ2v) is 6.04. The Balaban J connectivity index is 2.83. The standard InChI is InChI=1S/C16H27N3O2/c1-6-17-14(9-11(2)3)7-8-15-13(5)16(19(20)21)12(4)10-18-15/h10-11,14,17H,6-9H2,1-5H3. The van der Waals surface area contributed by atoms with Gasteiger partial charge in [-0.1, -0.05) is 20.8 Å². The van der Waals surface area contributed by atoms with Crippen molar-refractivity contribution < 1.29 is 4.92 Å². The van der Waals surface area contributed by atoms with E-state index in [9.17, 15) is 10.1 Å². The van der Waals surface area contributed by atoms with Gasteiger partial charge in [0.05, 0.1) is 10.6 Å². The van der Waals surface area contributed by atoms with E-state index in [0.29, 0.717) is 23.1 Å². The van der Waals surface area contributed by atoms with Gasteiger partial charge in [-0.2, -0.15) is 0 Å². The minimum atomic E-state index is -0.300. The molecule has 0 aliphatic rings. The number of hydrogen-bond donors (Lipinski definition) is 1. The van der Waals surface area contributed by atoms with Crippen LogP contribution in [0.3, 0.4) is 0 Å². The Bertz CT molecular complexity index is 487. The molecular formula is C16H27N3O2. The molecule has 0 radical (unpaired) electrons. The maximum Gasteiger partial charge on any atom is 0.278 e. The number of hydrogen-bond acceptors (Lipinski definition) is 4. The van der Waals surface area contributed by atoms with Gasteiger partial charge in [0.1, 0.15) is 0 Å². The van der Waals surface area contributed by atoms with Crippen molar-refractivity contribution >= 4 is 5.69 Å². The molecule has 21 heavy (non-hydrogen) atoms. The molecule has 0 spiro atoms. The van der Waals surface area contributed by atoms with E-state index in [4.69, 9.17) is 0 Å². The maximum atomic E-state index is 11.1. The molecule has 1 aromatic heterocycles. The predicted molar refractivity (Wildman–Crippen MR) is 85.6 cm³/mol. The largest absolute Gasteiger partial charge is 0.314 e. The molecule has 1 heterocycles. The smallest absolute Gasteiger partial charge is 0.278 e. The summed E-state index contributed by atoms with van der Waals surface area (Å²) in [5, 5.41) is 14.6. The van der Waals surface area contributed by atoms with Crippen molar-refractivity contribution in [3.8, 4) is 0 Å². The second kappa shape index (κ2) is 8.08. The SMILES string of the molecule is CCNC(CCc1ncc(C)c([N+](=O)[O-])c1C)CC(C)C. The van der Waals surface area contributed by atoms with E-state index in [2.05, 4.69) is 31.1 Å². The van der Waals surface area contributed by atoms with Gasteiger partial charge in [-0.05, 0) is 45.6 Å². The third-order valence-corrected chi connectivity index (χ3v) is 3.74. The first-order valence-corrected chi connectivity index (χ1v) is 7.69. The first kappa shape index (κ1) is 17.6. The highest BCUT2D eigenvalue weighted by atomic mass is 16.6. The number of aromatic nitrogens is 1. The van der Waals surface area contributed by atoms with Crippen LogP contribution in [-0.4, -0.2) is 22.5 Å². The van der Waals surface area contributed by atoms with Crippen LogP contribution in [0, 0.1) is 29.9 Å². The summed E-state index contributed by atoms with van der Waals surface area (Å²) in [6.45, 7) is 11.0. The molecule has 1 unspecified atom stereocenters. The molecule has 1 atom stereocenters. The average Bonchev–Trinajstić information content (AvgIpc) is 2.36. The Morgan fingerprint density at radius 2 is 2.05 bits per heavy atom. The molecule has 1 aromatic rings. The highest BCUT2D eigenvalue weighted by molar-refractivity contribution is 5.47. The van der Waals surface area contributed by atoms with Gasteiger partial charge >= 0.3 is 0 Å². The summed E-state index contributed by atoms with van der Waals surface area (Å²) in [6.07, 6.45) is 4.46. The van der Waals surface area contributed by atoms with Gasteiger partial charge in [0.2, 0.25) is 0 Å². The first-order chi connectivity index (χ1) is 9.86. The van der Waals surface area contributed by atoms with E-state index in [1.807, 2.05) is 0 Å². The lowest BCUT2D eigenvalue weighted by Crippen LogP contribution is -2.30. The molecule has 0 amide bonds. The number of rotatable bonds is 8. The first-order valence-electron chi connectivity index (χ1n) is 7.69. The maximum absolute atomic E-state index is 11.1. The van der Waals surface area contributed by atoms with Crippen molar-refractivity contribution in [2.24, 2.45) is 5.92 Å². The molecule has 0 aliphatic heterocycles. The zero-order valence-corrected chi connectivity index (χ0v) is 13.8. The lowest BCUT2D eigenvalue weighted by molar-refractivity contribution is -0.386.